The first-order valence-corrected chi connectivity index (χ1v) is 6.96. The van der Waals surface area contributed by atoms with Crippen molar-refractivity contribution in [2.24, 2.45) is 11.7 Å². The Labute approximate surface area is 120 Å². The normalized spacial score (nSPS) is 13.8. The van der Waals surface area contributed by atoms with Crippen molar-refractivity contribution in [2.45, 2.75) is 26.3 Å². The van der Waals surface area contributed by atoms with Crippen LogP contribution in [-0.2, 0) is 11.2 Å². The number of rotatable bonds is 5. The van der Waals surface area contributed by atoms with E-state index in [1.165, 1.54) is 5.56 Å². The van der Waals surface area contributed by atoms with Crippen molar-refractivity contribution in [3.63, 3.8) is 0 Å². The molecule has 2 atom stereocenters. The minimum absolute atomic E-state index is 0.182. The molecule has 104 valence electrons. The molecule has 2 rings (SSSR count). The number of hydrogen-bond acceptors (Lipinski definition) is 2. The van der Waals surface area contributed by atoms with Crippen LogP contribution < -0.4 is 5.73 Å². The van der Waals surface area contributed by atoms with Crippen LogP contribution in [0.4, 0.5) is 0 Å². The molecule has 0 spiro atoms. The van der Waals surface area contributed by atoms with E-state index in [0.717, 1.165) is 11.1 Å². The highest BCUT2D eigenvalue weighted by molar-refractivity contribution is 5.83. The molecule has 0 fully saturated rings. The molecule has 20 heavy (non-hydrogen) atoms. The maximum atomic E-state index is 12.3. The van der Waals surface area contributed by atoms with Crippen LogP contribution in [0.3, 0.4) is 0 Å². The summed E-state index contributed by atoms with van der Waals surface area (Å²) in [7, 11) is 0. The maximum absolute atomic E-state index is 12.3. The van der Waals surface area contributed by atoms with Gasteiger partial charge in [-0.15, -0.1) is 0 Å². The molecule has 0 heterocycles. The van der Waals surface area contributed by atoms with E-state index < -0.39 is 0 Å². The monoisotopic (exact) mass is 267 g/mol. The van der Waals surface area contributed by atoms with Gasteiger partial charge in [-0.05, 0) is 18.1 Å². The molecule has 2 aromatic carbocycles. The van der Waals surface area contributed by atoms with E-state index in [4.69, 9.17) is 5.73 Å². The predicted octanol–water partition coefficient (Wildman–Crippen LogP) is 3.44. The zero-order valence-corrected chi connectivity index (χ0v) is 12.0. The molecule has 2 nitrogen and oxygen atoms in total. The summed E-state index contributed by atoms with van der Waals surface area (Å²) < 4.78 is 0. The topological polar surface area (TPSA) is 43.1 Å². The van der Waals surface area contributed by atoms with Crippen LogP contribution in [0.2, 0.25) is 0 Å². The molecule has 0 aliphatic carbocycles. The van der Waals surface area contributed by atoms with Gasteiger partial charge < -0.3 is 5.73 Å². The Morgan fingerprint density at radius 1 is 1.05 bits per heavy atom. The van der Waals surface area contributed by atoms with Gasteiger partial charge in [-0.2, -0.15) is 0 Å². The first kappa shape index (κ1) is 14.5. The highest BCUT2D eigenvalue weighted by Crippen LogP contribution is 2.21. The highest BCUT2D eigenvalue weighted by Gasteiger charge is 2.21. The Hall–Kier alpha value is -1.93. The molecule has 2 heteroatoms. The number of ketones is 1. The SMILES string of the molecule is Cc1ccc(CC(=O)C(C)C(N)c2ccccc2)cc1. The number of aryl methyl sites for hydroxylation is 1. The second-order valence-corrected chi connectivity index (χ2v) is 5.35. The smallest absolute Gasteiger partial charge is 0.141 e. The minimum Gasteiger partial charge on any atom is -0.323 e. The summed E-state index contributed by atoms with van der Waals surface area (Å²) in [4.78, 5) is 12.3. The lowest BCUT2D eigenvalue weighted by atomic mass is 9.89. The van der Waals surface area contributed by atoms with Crippen molar-refractivity contribution in [2.75, 3.05) is 0 Å². The van der Waals surface area contributed by atoms with Crippen LogP contribution in [0.25, 0.3) is 0 Å². The second kappa shape index (κ2) is 6.49. The summed E-state index contributed by atoms with van der Waals surface area (Å²) in [5, 5.41) is 0. The predicted molar refractivity (Wildman–Crippen MR) is 82.4 cm³/mol. The fourth-order valence-corrected chi connectivity index (χ4v) is 2.23. The van der Waals surface area contributed by atoms with Gasteiger partial charge in [0.15, 0.2) is 0 Å². The first-order chi connectivity index (χ1) is 9.58. The molecule has 0 aliphatic rings. The van der Waals surface area contributed by atoms with Crippen molar-refractivity contribution in [1.82, 2.24) is 0 Å². The van der Waals surface area contributed by atoms with E-state index in [-0.39, 0.29) is 17.7 Å². The lowest BCUT2D eigenvalue weighted by Gasteiger charge is -2.19. The highest BCUT2D eigenvalue weighted by atomic mass is 16.1. The third kappa shape index (κ3) is 3.55. The molecular formula is C18H21NO. The Kier molecular flexibility index (Phi) is 4.70. The number of nitrogens with two attached hydrogens (primary N) is 1. The maximum Gasteiger partial charge on any atom is 0.141 e. The van der Waals surface area contributed by atoms with Crippen LogP contribution in [0.5, 0.6) is 0 Å². The Morgan fingerprint density at radius 2 is 1.65 bits per heavy atom. The summed E-state index contributed by atoms with van der Waals surface area (Å²) in [5.41, 5.74) is 9.46. The third-order valence-corrected chi connectivity index (χ3v) is 3.73. The summed E-state index contributed by atoms with van der Waals surface area (Å²) in [6.07, 6.45) is 0.446. The van der Waals surface area contributed by atoms with Gasteiger partial charge in [0.2, 0.25) is 0 Å². The first-order valence-electron chi connectivity index (χ1n) is 6.96. The molecule has 0 aliphatic heterocycles. The number of carbonyl (C=O) groups is 1. The van der Waals surface area contributed by atoms with Crippen LogP contribution >= 0.6 is 0 Å². The average molecular weight is 267 g/mol. The Bertz CT molecular complexity index is 560. The Balaban J connectivity index is 2.03. The van der Waals surface area contributed by atoms with Crippen LogP contribution in [0.1, 0.15) is 29.7 Å². The van der Waals surface area contributed by atoms with E-state index in [0.29, 0.717) is 6.42 Å². The summed E-state index contributed by atoms with van der Waals surface area (Å²) in [6, 6.07) is 17.6. The molecular weight excluding hydrogens is 246 g/mol. The zero-order chi connectivity index (χ0) is 14.5. The number of carbonyl (C=O) groups excluding carboxylic acids is 1. The van der Waals surface area contributed by atoms with Crippen LogP contribution in [-0.4, -0.2) is 5.78 Å². The van der Waals surface area contributed by atoms with E-state index in [9.17, 15) is 4.79 Å². The lowest BCUT2D eigenvalue weighted by molar-refractivity contribution is -0.122. The molecule has 2 N–H and O–H groups in total. The molecule has 0 aromatic heterocycles. The van der Waals surface area contributed by atoms with Gasteiger partial charge in [-0.3, -0.25) is 4.79 Å². The second-order valence-electron chi connectivity index (χ2n) is 5.35. The molecule has 0 saturated carbocycles. The largest absolute Gasteiger partial charge is 0.323 e. The van der Waals surface area contributed by atoms with Crippen LogP contribution in [0, 0.1) is 12.8 Å². The zero-order valence-electron chi connectivity index (χ0n) is 12.0. The van der Waals surface area contributed by atoms with Gasteiger partial charge in [-0.1, -0.05) is 67.1 Å². The molecule has 0 bridgehead atoms. The molecule has 0 saturated heterocycles. The molecule has 0 amide bonds. The number of Topliss-reactive ketones (excluding diaryl/α,β-unsaturated/α-hetero) is 1. The standard InChI is InChI=1S/C18H21NO/c1-13-8-10-15(11-9-13)12-17(20)14(2)18(19)16-6-4-3-5-7-16/h3-11,14,18H,12,19H2,1-2H3. The number of hydrogen-bond donors (Lipinski definition) is 1. The Morgan fingerprint density at radius 3 is 2.25 bits per heavy atom. The summed E-state index contributed by atoms with van der Waals surface area (Å²) in [5.74, 6) is 0.00362. The van der Waals surface area contributed by atoms with E-state index in [1.54, 1.807) is 0 Å². The van der Waals surface area contributed by atoms with Gasteiger partial charge in [-0.25, -0.2) is 0 Å². The molecule has 0 radical (unpaired) electrons. The number of benzene rings is 2. The van der Waals surface area contributed by atoms with Crippen molar-refractivity contribution >= 4 is 5.78 Å². The fourth-order valence-electron chi connectivity index (χ4n) is 2.23. The average Bonchev–Trinajstić information content (AvgIpc) is 2.49. The molecule has 2 aromatic rings. The van der Waals surface area contributed by atoms with Crippen LogP contribution in [0.15, 0.2) is 54.6 Å². The van der Waals surface area contributed by atoms with E-state index >= 15 is 0 Å². The van der Waals surface area contributed by atoms with Crippen molar-refractivity contribution in [3.05, 3.63) is 71.3 Å². The van der Waals surface area contributed by atoms with E-state index in [2.05, 4.69) is 0 Å². The molecule has 2 unspecified atom stereocenters. The third-order valence-electron chi connectivity index (χ3n) is 3.73. The lowest BCUT2D eigenvalue weighted by Crippen LogP contribution is -2.27. The minimum atomic E-state index is -0.242. The van der Waals surface area contributed by atoms with Crippen molar-refractivity contribution in [1.29, 1.82) is 0 Å². The fraction of sp³-hybridized carbons (Fsp3) is 0.278. The summed E-state index contributed by atoms with van der Waals surface area (Å²) in [6.45, 7) is 3.95. The van der Waals surface area contributed by atoms with Crippen molar-refractivity contribution in [3.8, 4) is 0 Å². The van der Waals surface area contributed by atoms with Gasteiger partial charge in [0, 0.05) is 18.4 Å². The quantitative estimate of drug-likeness (QED) is 0.901. The van der Waals surface area contributed by atoms with Gasteiger partial charge in [0.1, 0.15) is 5.78 Å². The van der Waals surface area contributed by atoms with Gasteiger partial charge >= 0.3 is 0 Å². The van der Waals surface area contributed by atoms with Gasteiger partial charge in [0.25, 0.3) is 0 Å². The van der Waals surface area contributed by atoms with Crippen molar-refractivity contribution < 1.29 is 4.79 Å². The van der Waals surface area contributed by atoms with E-state index in [1.807, 2.05) is 68.4 Å². The summed E-state index contributed by atoms with van der Waals surface area (Å²) >= 11 is 0. The van der Waals surface area contributed by atoms with Gasteiger partial charge in [0.05, 0.1) is 0 Å².